The van der Waals surface area contributed by atoms with Crippen LogP contribution in [-0.4, -0.2) is 29.4 Å². The van der Waals surface area contributed by atoms with E-state index in [2.05, 4.69) is 51.6 Å². The van der Waals surface area contributed by atoms with Crippen LogP contribution in [0.25, 0.3) is 17.5 Å². The van der Waals surface area contributed by atoms with Gasteiger partial charge >= 0.3 is 0 Å². The Morgan fingerprint density at radius 3 is 2.10 bits per heavy atom. The van der Waals surface area contributed by atoms with Crippen molar-refractivity contribution in [2.45, 2.75) is 11.8 Å². The Bertz CT molecular complexity index is 1130. The average molecular weight is 399 g/mol. The molecule has 150 valence electrons. The number of methoxy groups -OCH3 is 2. The number of nitrogens with one attached hydrogen (secondary N) is 1. The predicted molar refractivity (Wildman–Crippen MR) is 114 cm³/mol. The van der Waals surface area contributed by atoms with Crippen molar-refractivity contribution in [3.05, 3.63) is 89.6 Å². The average Bonchev–Trinajstić information content (AvgIpc) is 3.48. The summed E-state index contributed by atoms with van der Waals surface area (Å²) in [6.07, 6.45) is 8.14. The molecule has 6 heteroatoms. The summed E-state index contributed by atoms with van der Waals surface area (Å²) >= 11 is 0. The van der Waals surface area contributed by atoms with Crippen LogP contribution in [0.3, 0.4) is 0 Å². The maximum atomic E-state index is 5.36. The minimum absolute atomic E-state index is 0.348. The molecule has 1 N–H and O–H groups in total. The van der Waals surface area contributed by atoms with E-state index in [4.69, 9.17) is 13.9 Å². The zero-order valence-electron chi connectivity index (χ0n) is 16.8. The van der Waals surface area contributed by atoms with Gasteiger partial charge in [-0.2, -0.15) is 5.10 Å². The monoisotopic (exact) mass is 399 g/mol. The van der Waals surface area contributed by atoms with Gasteiger partial charge < -0.3 is 13.9 Å². The molecule has 0 spiro atoms. The molecular formula is C24H21N3O3. The lowest BCUT2D eigenvalue weighted by molar-refractivity contribution is 0.414. The van der Waals surface area contributed by atoms with Gasteiger partial charge in [0.25, 0.3) is 0 Å². The summed E-state index contributed by atoms with van der Waals surface area (Å²) in [5.41, 5.74) is 5.62. The van der Waals surface area contributed by atoms with Crippen molar-refractivity contribution in [3.63, 3.8) is 0 Å². The minimum atomic E-state index is -0.348. The normalized spacial score (nSPS) is 14.3. The van der Waals surface area contributed by atoms with Crippen LogP contribution in [0.2, 0.25) is 0 Å². The van der Waals surface area contributed by atoms with Gasteiger partial charge in [-0.25, -0.2) is 4.98 Å². The number of aromatic amines is 1. The van der Waals surface area contributed by atoms with E-state index in [1.807, 2.05) is 24.3 Å². The van der Waals surface area contributed by atoms with Gasteiger partial charge in [0, 0.05) is 23.1 Å². The quantitative estimate of drug-likeness (QED) is 0.529. The third-order valence-corrected chi connectivity index (χ3v) is 5.76. The van der Waals surface area contributed by atoms with E-state index in [0.29, 0.717) is 0 Å². The fourth-order valence-corrected chi connectivity index (χ4v) is 4.13. The van der Waals surface area contributed by atoms with Gasteiger partial charge in [0.05, 0.1) is 14.2 Å². The fourth-order valence-electron chi connectivity index (χ4n) is 4.13. The molecule has 5 rings (SSSR count). The zero-order valence-corrected chi connectivity index (χ0v) is 16.8. The molecule has 30 heavy (non-hydrogen) atoms. The van der Waals surface area contributed by atoms with Crippen LogP contribution in [-0.2, 0) is 11.8 Å². The molecule has 0 radical (unpaired) electrons. The highest BCUT2D eigenvalue weighted by Crippen LogP contribution is 2.43. The van der Waals surface area contributed by atoms with Crippen LogP contribution in [0.4, 0.5) is 0 Å². The second-order valence-electron chi connectivity index (χ2n) is 7.28. The number of rotatable bonds is 5. The van der Waals surface area contributed by atoms with Gasteiger partial charge in [0.15, 0.2) is 6.39 Å². The maximum Gasteiger partial charge on any atom is 0.181 e. The number of oxazole rings is 1. The van der Waals surface area contributed by atoms with Gasteiger partial charge in [-0.15, -0.1) is 0 Å². The molecule has 2 aromatic heterocycles. The second-order valence-corrected chi connectivity index (χ2v) is 7.28. The topological polar surface area (TPSA) is 73.2 Å². The maximum absolute atomic E-state index is 5.36. The largest absolute Gasteiger partial charge is 0.497 e. The van der Waals surface area contributed by atoms with E-state index in [1.165, 1.54) is 17.5 Å². The molecule has 6 nitrogen and oxygen atoms in total. The minimum Gasteiger partial charge on any atom is -0.497 e. The smallest absolute Gasteiger partial charge is 0.181 e. The summed E-state index contributed by atoms with van der Waals surface area (Å²) < 4.78 is 15.9. The van der Waals surface area contributed by atoms with Crippen LogP contribution < -0.4 is 9.47 Å². The molecule has 0 amide bonds. The number of hydrogen-bond acceptors (Lipinski definition) is 5. The Kier molecular flexibility index (Phi) is 4.39. The third kappa shape index (κ3) is 2.88. The number of benzene rings is 2. The predicted octanol–water partition coefficient (Wildman–Crippen LogP) is 4.64. The molecule has 2 aromatic carbocycles. The number of ether oxygens (including phenoxy) is 2. The van der Waals surface area contributed by atoms with E-state index >= 15 is 0 Å². The Labute approximate surface area is 174 Å². The number of aromatic nitrogens is 3. The lowest BCUT2D eigenvalue weighted by Gasteiger charge is -2.34. The van der Waals surface area contributed by atoms with Crippen LogP contribution in [0.5, 0.6) is 11.5 Å². The number of H-pyrrole nitrogens is 1. The number of fused-ring (bicyclic) bond motifs is 1. The summed E-state index contributed by atoms with van der Waals surface area (Å²) in [6, 6.07) is 16.5. The molecule has 1 aliphatic rings. The van der Waals surface area contributed by atoms with Crippen molar-refractivity contribution >= 4 is 6.08 Å². The van der Waals surface area contributed by atoms with E-state index in [9.17, 15) is 0 Å². The Balaban J connectivity index is 1.63. The third-order valence-electron chi connectivity index (χ3n) is 5.76. The van der Waals surface area contributed by atoms with Crippen LogP contribution in [0, 0.1) is 0 Å². The first-order chi connectivity index (χ1) is 14.7. The molecule has 0 saturated carbocycles. The van der Waals surface area contributed by atoms with E-state index in [0.717, 1.165) is 40.6 Å². The lowest BCUT2D eigenvalue weighted by Crippen LogP contribution is -2.30. The Hall–Kier alpha value is -3.80. The van der Waals surface area contributed by atoms with Crippen molar-refractivity contribution in [2.75, 3.05) is 14.2 Å². The molecule has 0 saturated heterocycles. The summed E-state index contributed by atoms with van der Waals surface area (Å²) in [5.74, 6) is 1.66. The van der Waals surface area contributed by atoms with Crippen molar-refractivity contribution in [2.24, 2.45) is 0 Å². The number of nitrogens with zero attached hydrogens (tertiary/aromatic N) is 2. The summed E-state index contributed by atoms with van der Waals surface area (Å²) in [4.78, 5) is 4.25. The molecule has 1 aliphatic carbocycles. The van der Waals surface area contributed by atoms with Crippen LogP contribution in [0.1, 0.15) is 22.4 Å². The highest BCUT2D eigenvalue weighted by atomic mass is 16.5. The molecule has 0 unspecified atom stereocenters. The van der Waals surface area contributed by atoms with E-state index in [-0.39, 0.29) is 5.41 Å². The molecular weight excluding hydrogens is 378 g/mol. The molecule has 0 atom stereocenters. The van der Waals surface area contributed by atoms with Crippen LogP contribution >= 0.6 is 0 Å². The van der Waals surface area contributed by atoms with Crippen molar-refractivity contribution in [1.82, 2.24) is 15.2 Å². The van der Waals surface area contributed by atoms with Gasteiger partial charge in [-0.1, -0.05) is 36.4 Å². The van der Waals surface area contributed by atoms with Gasteiger partial charge in [-0.05, 0) is 35.4 Å². The van der Waals surface area contributed by atoms with Gasteiger partial charge in [0.1, 0.15) is 29.2 Å². The first kappa shape index (κ1) is 18.2. The Morgan fingerprint density at radius 1 is 0.933 bits per heavy atom. The lowest BCUT2D eigenvalue weighted by atomic mass is 9.68. The summed E-state index contributed by atoms with van der Waals surface area (Å²) in [7, 11) is 3.36. The second kappa shape index (κ2) is 7.22. The highest BCUT2D eigenvalue weighted by molar-refractivity contribution is 5.74. The van der Waals surface area contributed by atoms with Crippen molar-refractivity contribution in [1.29, 1.82) is 0 Å². The highest BCUT2D eigenvalue weighted by Gasteiger charge is 2.37. The van der Waals surface area contributed by atoms with Gasteiger partial charge in [0.2, 0.25) is 0 Å². The number of allylic oxidation sites excluding steroid dienone is 1. The van der Waals surface area contributed by atoms with E-state index < -0.39 is 0 Å². The Morgan fingerprint density at radius 2 is 1.57 bits per heavy atom. The molecule has 0 aliphatic heterocycles. The molecule has 0 bridgehead atoms. The molecule has 0 fully saturated rings. The van der Waals surface area contributed by atoms with E-state index in [1.54, 1.807) is 20.5 Å². The number of hydrogen-bond donors (Lipinski definition) is 1. The SMILES string of the molecule is COc1ccc(C2(c3ccc(OC)cc3)C=Cc3c(-c4cocn4)n[nH]c3C2)cc1. The summed E-state index contributed by atoms with van der Waals surface area (Å²) in [6.45, 7) is 0. The fraction of sp³-hybridized carbons (Fsp3) is 0.167. The van der Waals surface area contributed by atoms with Crippen LogP contribution in [0.15, 0.2) is 71.7 Å². The standard InChI is InChI=1S/C24H21N3O3/c1-28-18-7-3-16(4-8-18)24(17-5-9-19(29-2)10-6-17)12-11-20-21(13-24)26-27-23(20)22-14-30-15-25-22/h3-12,14-15H,13H2,1-2H3,(H,26,27). The van der Waals surface area contributed by atoms with Gasteiger partial charge in [-0.3, -0.25) is 5.10 Å². The van der Waals surface area contributed by atoms with Crippen molar-refractivity contribution < 1.29 is 13.9 Å². The zero-order chi connectivity index (χ0) is 20.6. The van der Waals surface area contributed by atoms with Crippen molar-refractivity contribution in [3.8, 4) is 22.9 Å². The first-order valence-electron chi connectivity index (χ1n) is 9.67. The summed E-state index contributed by atoms with van der Waals surface area (Å²) in [5, 5.41) is 7.73. The molecule has 2 heterocycles. The first-order valence-corrected chi connectivity index (χ1v) is 9.67. The molecule has 4 aromatic rings.